The summed E-state index contributed by atoms with van der Waals surface area (Å²) in [6.07, 6.45) is 2.23. The summed E-state index contributed by atoms with van der Waals surface area (Å²) in [5.41, 5.74) is 6.12. The molecule has 1 aromatic rings. The summed E-state index contributed by atoms with van der Waals surface area (Å²) < 4.78 is 5.46. The average Bonchev–Trinajstić information content (AvgIpc) is 2.60. The van der Waals surface area contributed by atoms with Gasteiger partial charge in [-0.05, 0) is 55.0 Å². The molecule has 26 heavy (non-hydrogen) atoms. The topological polar surface area (TPSA) is 70.7 Å². The van der Waals surface area contributed by atoms with Gasteiger partial charge in [0.05, 0.1) is 6.54 Å². The minimum atomic E-state index is -0.384. The lowest BCUT2D eigenvalue weighted by molar-refractivity contribution is -0.130. The Morgan fingerprint density at radius 3 is 2.23 bits per heavy atom. The average molecular weight is 361 g/mol. The molecule has 6 nitrogen and oxygen atoms in total. The molecule has 2 N–H and O–H groups in total. The molecule has 1 aromatic carbocycles. The number of nitrogens with zero attached hydrogens (tertiary/aromatic N) is 1. The van der Waals surface area contributed by atoms with Crippen molar-refractivity contribution in [3.63, 3.8) is 0 Å². The molecule has 2 rings (SSSR count). The van der Waals surface area contributed by atoms with Gasteiger partial charge in [-0.3, -0.25) is 25.3 Å². The Morgan fingerprint density at radius 2 is 1.65 bits per heavy atom. The maximum absolute atomic E-state index is 11.9. The summed E-state index contributed by atoms with van der Waals surface area (Å²) in [6.45, 7) is 10.7. The van der Waals surface area contributed by atoms with Gasteiger partial charge in [0.2, 0.25) is 0 Å². The van der Waals surface area contributed by atoms with Gasteiger partial charge in [-0.1, -0.05) is 39.8 Å². The van der Waals surface area contributed by atoms with E-state index < -0.39 is 0 Å². The molecule has 0 aromatic heterocycles. The molecule has 144 valence electrons. The fourth-order valence-electron chi connectivity index (χ4n) is 2.84. The molecule has 1 heterocycles. The Balaban J connectivity index is 1.66. The number of carbonyl (C=O) groups is 2. The number of hydrogen-bond acceptors (Lipinski definition) is 4. The van der Waals surface area contributed by atoms with Crippen LogP contribution < -0.4 is 15.6 Å². The second-order valence-electron chi connectivity index (χ2n) is 8.12. The van der Waals surface area contributed by atoms with E-state index in [2.05, 4.69) is 43.4 Å². The minimum absolute atomic E-state index is 0.0760. The van der Waals surface area contributed by atoms with E-state index >= 15 is 0 Å². The van der Waals surface area contributed by atoms with Crippen molar-refractivity contribution >= 4 is 11.8 Å². The maximum Gasteiger partial charge on any atom is 0.276 e. The molecule has 2 amide bonds. The SMILES string of the molecule is CC1CCN(CC(=O)NNC(=O)COc2ccc(C(C)(C)C)cc2)CC1. The zero-order valence-electron chi connectivity index (χ0n) is 16.3. The lowest BCUT2D eigenvalue weighted by Gasteiger charge is -2.29. The number of hydrazine groups is 1. The highest BCUT2D eigenvalue weighted by molar-refractivity contribution is 5.83. The van der Waals surface area contributed by atoms with Crippen molar-refractivity contribution in [3.05, 3.63) is 29.8 Å². The second-order valence-corrected chi connectivity index (χ2v) is 8.12. The highest BCUT2D eigenvalue weighted by atomic mass is 16.5. The first-order valence-corrected chi connectivity index (χ1v) is 9.27. The number of benzene rings is 1. The van der Waals surface area contributed by atoms with E-state index in [-0.39, 0.29) is 23.8 Å². The van der Waals surface area contributed by atoms with E-state index in [1.165, 1.54) is 5.56 Å². The normalized spacial score (nSPS) is 16.2. The third-order valence-electron chi connectivity index (χ3n) is 4.68. The smallest absolute Gasteiger partial charge is 0.276 e. The molecule has 0 bridgehead atoms. The fraction of sp³-hybridized carbons (Fsp3) is 0.600. The van der Waals surface area contributed by atoms with Crippen LogP contribution in [0, 0.1) is 5.92 Å². The van der Waals surface area contributed by atoms with E-state index in [0.29, 0.717) is 12.3 Å². The number of piperidine rings is 1. The van der Waals surface area contributed by atoms with Gasteiger partial charge in [0, 0.05) is 0 Å². The molecule has 1 saturated heterocycles. The number of rotatable bonds is 5. The first kappa shape index (κ1) is 20.2. The quantitative estimate of drug-likeness (QED) is 0.789. The lowest BCUT2D eigenvalue weighted by Crippen LogP contribution is -2.48. The van der Waals surface area contributed by atoms with Crippen LogP contribution in [0.5, 0.6) is 5.75 Å². The van der Waals surface area contributed by atoms with Crippen molar-refractivity contribution < 1.29 is 14.3 Å². The van der Waals surface area contributed by atoms with E-state index in [4.69, 9.17) is 4.74 Å². The molecule has 0 radical (unpaired) electrons. The van der Waals surface area contributed by atoms with Crippen LogP contribution in [-0.4, -0.2) is 43.0 Å². The van der Waals surface area contributed by atoms with Gasteiger partial charge in [-0.2, -0.15) is 0 Å². The number of likely N-dealkylation sites (tertiary alicyclic amines) is 1. The molecule has 1 aliphatic heterocycles. The van der Waals surface area contributed by atoms with Crippen LogP contribution in [0.4, 0.5) is 0 Å². The van der Waals surface area contributed by atoms with E-state index in [9.17, 15) is 9.59 Å². The van der Waals surface area contributed by atoms with Crippen molar-refractivity contribution in [1.29, 1.82) is 0 Å². The zero-order valence-corrected chi connectivity index (χ0v) is 16.3. The van der Waals surface area contributed by atoms with Gasteiger partial charge in [0.1, 0.15) is 5.75 Å². The van der Waals surface area contributed by atoms with E-state index in [1.807, 2.05) is 24.3 Å². The van der Waals surface area contributed by atoms with Crippen LogP contribution in [0.3, 0.4) is 0 Å². The lowest BCUT2D eigenvalue weighted by atomic mass is 9.87. The number of nitrogens with one attached hydrogen (secondary N) is 2. The molecule has 0 spiro atoms. The van der Waals surface area contributed by atoms with E-state index in [1.54, 1.807) is 0 Å². The third-order valence-corrected chi connectivity index (χ3v) is 4.68. The molecule has 0 aliphatic carbocycles. The van der Waals surface area contributed by atoms with Crippen molar-refractivity contribution in [3.8, 4) is 5.75 Å². The second kappa shape index (κ2) is 9.03. The van der Waals surface area contributed by atoms with Crippen LogP contribution in [0.1, 0.15) is 46.1 Å². The minimum Gasteiger partial charge on any atom is -0.484 e. The Kier molecular flexibility index (Phi) is 7.03. The predicted octanol–water partition coefficient (Wildman–Crippen LogP) is 2.24. The summed E-state index contributed by atoms with van der Waals surface area (Å²) in [5.74, 6) is 0.762. The zero-order chi connectivity index (χ0) is 19.2. The van der Waals surface area contributed by atoms with Gasteiger partial charge in [0.25, 0.3) is 11.8 Å². The molecule has 0 unspecified atom stereocenters. The highest BCUT2D eigenvalue weighted by Crippen LogP contribution is 2.24. The van der Waals surface area contributed by atoms with Gasteiger partial charge in [-0.25, -0.2) is 0 Å². The number of hydrogen-bond donors (Lipinski definition) is 2. The van der Waals surface area contributed by atoms with Crippen molar-refractivity contribution in [2.75, 3.05) is 26.2 Å². The fourth-order valence-corrected chi connectivity index (χ4v) is 2.84. The molecule has 0 saturated carbocycles. The van der Waals surface area contributed by atoms with Crippen molar-refractivity contribution in [1.82, 2.24) is 15.8 Å². The van der Waals surface area contributed by atoms with Gasteiger partial charge >= 0.3 is 0 Å². The summed E-state index contributed by atoms with van der Waals surface area (Å²) in [6, 6.07) is 7.69. The summed E-state index contributed by atoms with van der Waals surface area (Å²) in [7, 11) is 0. The van der Waals surface area contributed by atoms with E-state index in [0.717, 1.165) is 31.8 Å². The largest absolute Gasteiger partial charge is 0.484 e. The maximum atomic E-state index is 11.9. The summed E-state index contributed by atoms with van der Waals surface area (Å²) in [5, 5.41) is 0. The predicted molar refractivity (Wildman–Crippen MR) is 102 cm³/mol. The molecule has 1 fully saturated rings. The van der Waals surface area contributed by atoms with Crippen LogP contribution in [0.25, 0.3) is 0 Å². The van der Waals surface area contributed by atoms with Gasteiger partial charge in [0.15, 0.2) is 6.61 Å². The van der Waals surface area contributed by atoms with Crippen LogP contribution in [0.15, 0.2) is 24.3 Å². The standard InChI is InChI=1S/C20H31N3O3/c1-15-9-11-23(12-10-15)13-18(24)21-22-19(25)14-26-17-7-5-16(6-8-17)20(2,3)4/h5-8,15H,9-14H2,1-4H3,(H,21,24)(H,22,25). The summed E-state index contributed by atoms with van der Waals surface area (Å²) in [4.78, 5) is 25.8. The molecular formula is C20H31N3O3. The number of amides is 2. The Morgan fingerprint density at radius 1 is 1.08 bits per heavy atom. The first-order valence-electron chi connectivity index (χ1n) is 9.27. The van der Waals surface area contributed by atoms with Crippen LogP contribution in [-0.2, 0) is 15.0 Å². The highest BCUT2D eigenvalue weighted by Gasteiger charge is 2.18. The number of ether oxygens (including phenoxy) is 1. The molecule has 0 atom stereocenters. The molecule has 1 aliphatic rings. The monoisotopic (exact) mass is 361 g/mol. The van der Waals surface area contributed by atoms with Crippen molar-refractivity contribution in [2.45, 2.75) is 46.0 Å². The van der Waals surface area contributed by atoms with Gasteiger partial charge < -0.3 is 4.74 Å². The Hall–Kier alpha value is -2.08. The number of carbonyl (C=O) groups excluding carboxylic acids is 2. The van der Waals surface area contributed by atoms with Crippen LogP contribution in [0.2, 0.25) is 0 Å². The summed E-state index contributed by atoms with van der Waals surface area (Å²) >= 11 is 0. The van der Waals surface area contributed by atoms with Gasteiger partial charge in [-0.15, -0.1) is 0 Å². The van der Waals surface area contributed by atoms with Crippen molar-refractivity contribution in [2.24, 2.45) is 5.92 Å². The third kappa shape index (κ3) is 6.67. The molecule has 6 heteroatoms. The first-order chi connectivity index (χ1) is 12.2. The van der Waals surface area contributed by atoms with Crippen LogP contribution >= 0.6 is 0 Å². The Bertz CT molecular complexity index is 600. The Labute approximate surface area is 156 Å². The molecular weight excluding hydrogens is 330 g/mol.